The summed E-state index contributed by atoms with van der Waals surface area (Å²) in [6, 6.07) is 14.6. The molecule has 6 nitrogen and oxygen atoms in total. The van der Waals surface area contributed by atoms with Crippen LogP contribution in [0.15, 0.2) is 54.6 Å². The van der Waals surface area contributed by atoms with Crippen LogP contribution in [0.4, 0.5) is 5.69 Å². The Hall–Kier alpha value is -2.73. The van der Waals surface area contributed by atoms with E-state index < -0.39 is 16.9 Å². The quantitative estimate of drug-likeness (QED) is 0.629. The van der Waals surface area contributed by atoms with E-state index >= 15 is 0 Å². The summed E-state index contributed by atoms with van der Waals surface area (Å²) in [4.78, 5) is 22.6. The highest BCUT2D eigenvalue weighted by atomic mass is 16.6. The van der Waals surface area contributed by atoms with Gasteiger partial charge in [0.05, 0.1) is 17.6 Å². The maximum Gasteiger partial charge on any atom is 0.282 e. The molecule has 1 atom stereocenters. The van der Waals surface area contributed by atoms with E-state index in [-0.39, 0.29) is 17.9 Å². The first-order chi connectivity index (χ1) is 10.6. The number of nitro benzene ring substituents is 1. The first kappa shape index (κ1) is 15.7. The highest BCUT2D eigenvalue weighted by Gasteiger charge is 2.21. The Morgan fingerprint density at radius 1 is 1.14 bits per heavy atom. The molecule has 0 aromatic heterocycles. The standard InChI is InChI=1S/C16H16N2O4/c19-11-13(10-12-6-2-1-3-7-12)17-16(20)14-8-4-5-9-15(14)18(21)22/h1-9,13,19H,10-11H2,(H,17,20). The lowest BCUT2D eigenvalue weighted by Gasteiger charge is -2.16. The van der Waals surface area contributed by atoms with Crippen LogP contribution in [0.3, 0.4) is 0 Å². The fourth-order valence-corrected chi connectivity index (χ4v) is 2.15. The molecule has 0 spiro atoms. The first-order valence-electron chi connectivity index (χ1n) is 6.81. The molecule has 0 radical (unpaired) electrons. The van der Waals surface area contributed by atoms with Gasteiger partial charge in [0.1, 0.15) is 5.56 Å². The second-order valence-electron chi connectivity index (χ2n) is 4.82. The third-order valence-corrected chi connectivity index (χ3v) is 3.23. The molecule has 1 unspecified atom stereocenters. The number of rotatable bonds is 6. The zero-order valence-electron chi connectivity index (χ0n) is 11.8. The molecule has 0 aliphatic rings. The number of amides is 1. The smallest absolute Gasteiger partial charge is 0.282 e. The number of aliphatic hydroxyl groups is 1. The summed E-state index contributed by atoms with van der Waals surface area (Å²) in [6.07, 6.45) is 0.448. The van der Waals surface area contributed by atoms with Crippen molar-refractivity contribution in [2.75, 3.05) is 6.61 Å². The molecular formula is C16H16N2O4. The average Bonchev–Trinajstić information content (AvgIpc) is 2.55. The van der Waals surface area contributed by atoms with Crippen LogP contribution in [0.25, 0.3) is 0 Å². The van der Waals surface area contributed by atoms with Crippen molar-refractivity contribution in [1.82, 2.24) is 5.32 Å². The molecule has 1 amide bonds. The number of aliphatic hydroxyl groups excluding tert-OH is 1. The monoisotopic (exact) mass is 300 g/mol. The van der Waals surface area contributed by atoms with Gasteiger partial charge in [-0.1, -0.05) is 42.5 Å². The van der Waals surface area contributed by atoms with Crippen LogP contribution < -0.4 is 5.32 Å². The molecule has 2 N–H and O–H groups in total. The summed E-state index contributed by atoms with van der Waals surface area (Å²) in [5.74, 6) is -0.567. The minimum Gasteiger partial charge on any atom is -0.394 e. The fraction of sp³-hybridized carbons (Fsp3) is 0.188. The van der Waals surface area contributed by atoms with Crippen LogP contribution in [0.5, 0.6) is 0 Å². The van der Waals surface area contributed by atoms with Gasteiger partial charge >= 0.3 is 0 Å². The van der Waals surface area contributed by atoms with Gasteiger partial charge in [-0.2, -0.15) is 0 Å². The highest BCUT2D eigenvalue weighted by Crippen LogP contribution is 2.17. The fourth-order valence-electron chi connectivity index (χ4n) is 2.15. The molecule has 0 saturated carbocycles. The van der Waals surface area contributed by atoms with Gasteiger partial charge in [-0.3, -0.25) is 14.9 Å². The van der Waals surface area contributed by atoms with Gasteiger partial charge in [0.25, 0.3) is 11.6 Å². The first-order valence-corrected chi connectivity index (χ1v) is 6.81. The van der Waals surface area contributed by atoms with E-state index in [0.29, 0.717) is 6.42 Å². The molecule has 0 fully saturated rings. The van der Waals surface area contributed by atoms with E-state index in [1.54, 1.807) is 6.07 Å². The summed E-state index contributed by atoms with van der Waals surface area (Å²) < 4.78 is 0. The maximum absolute atomic E-state index is 12.2. The highest BCUT2D eigenvalue weighted by molar-refractivity contribution is 5.98. The predicted octanol–water partition coefficient (Wildman–Crippen LogP) is 1.93. The lowest BCUT2D eigenvalue weighted by atomic mass is 10.1. The Bertz CT molecular complexity index is 658. The van der Waals surface area contributed by atoms with E-state index in [1.165, 1.54) is 18.2 Å². The van der Waals surface area contributed by atoms with E-state index in [9.17, 15) is 20.0 Å². The zero-order valence-corrected chi connectivity index (χ0v) is 11.8. The Kier molecular flexibility index (Phi) is 5.21. The van der Waals surface area contributed by atoms with E-state index in [2.05, 4.69) is 5.32 Å². The molecule has 2 aromatic rings. The molecular weight excluding hydrogens is 284 g/mol. The molecule has 0 heterocycles. The van der Waals surface area contributed by atoms with Gasteiger partial charge in [0, 0.05) is 6.07 Å². The summed E-state index contributed by atoms with van der Waals surface area (Å²) in [6.45, 7) is -0.249. The van der Waals surface area contributed by atoms with Crippen LogP contribution >= 0.6 is 0 Å². The van der Waals surface area contributed by atoms with Crippen LogP contribution in [0.1, 0.15) is 15.9 Å². The normalized spacial score (nSPS) is 11.7. The molecule has 2 rings (SSSR count). The van der Waals surface area contributed by atoms with Crippen molar-refractivity contribution >= 4 is 11.6 Å². The van der Waals surface area contributed by atoms with E-state index in [0.717, 1.165) is 5.56 Å². The molecule has 0 aliphatic heterocycles. The molecule has 0 bridgehead atoms. The summed E-state index contributed by atoms with van der Waals surface area (Å²) in [5, 5.41) is 23.0. The minimum absolute atomic E-state index is 0.0148. The van der Waals surface area contributed by atoms with Crippen LogP contribution in [-0.2, 0) is 6.42 Å². The largest absolute Gasteiger partial charge is 0.394 e. The van der Waals surface area contributed by atoms with E-state index in [1.807, 2.05) is 30.3 Å². The van der Waals surface area contributed by atoms with Crippen molar-refractivity contribution < 1.29 is 14.8 Å². The van der Waals surface area contributed by atoms with Gasteiger partial charge in [0.2, 0.25) is 0 Å². The number of nitrogens with zero attached hydrogens (tertiary/aromatic N) is 1. The Labute approximate surface area is 127 Å². The number of nitrogens with one attached hydrogen (secondary N) is 1. The van der Waals surface area contributed by atoms with Gasteiger partial charge in [-0.25, -0.2) is 0 Å². The number of nitro groups is 1. The topological polar surface area (TPSA) is 92.5 Å². The Morgan fingerprint density at radius 2 is 1.77 bits per heavy atom. The van der Waals surface area contributed by atoms with Gasteiger partial charge in [-0.05, 0) is 18.1 Å². The average molecular weight is 300 g/mol. The number of hydrogen-bond donors (Lipinski definition) is 2. The number of carbonyl (C=O) groups is 1. The van der Waals surface area contributed by atoms with Gasteiger partial charge in [0.15, 0.2) is 0 Å². The number of hydrogen-bond acceptors (Lipinski definition) is 4. The third kappa shape index (κ3) is 3.89. The summed E-state index contributed by atoms with van der Waals surface area (Å²) in [7, 11) is 0. The van der Waals surface area contributed by atoms with Crippen molar-refractivity contribution in [3.05, 3.63) is 75.8 Å². The van der Waals surface area contributed by atoms with Crippen molar-refractivity contribution in [2.45, 2.75) is 12.5 Å². The molecule has 22 heavy (non-hydrogen) atoms. The molecule has 6 heteroatoms. The lowest BCUT2D eigenvalue weighted by Crippen LogP contribution is -2.39. The van der Waals surface area contributed by atoms with Gasteiger partial charge < -0.3 is 10.4 Å². The molecule has 114 valence electrons. The number of carbonyl (C=O) groups excluding carboxylic acids is 1. The summed E-state index contributed by atoms with van der Waals surface area (Å²) in [5.41, 5.74) is 0.694. The minimum atomic E-state index is -0.597. The van der Waals surface area contributed by atoms with Crippen LogP contribution in [-0.4, -0.2) is 28.6 Å². The molecule has 0 aliphatic carbocycles. The second kappa shape index (κ2) is 7.33. The predicted molar refractivity (Wildman–Crippen MR) is 81.6 cm³/mol. The number of benzene rings is 2. The number of para-hydroxylation sites is 1. The second-order valence-corrected chi connectivity index (χ2v) is 4.82. The SMILES string of the molecule is O=C(NC(CO)Cc1ccccc1)c1ccccc1[N+](=O)[O-]. The van der Waals surface area contributed by atoms with Crippen molar-refractivity contribution in [3.63, 3.8) is 0 Å². The van der Waals surface area contributed by atoms with Gasteiger partial charge in [-0.15, -0.1) is 0 Å². The Morgan fingerprint density at radius 3 is 2.41 bits per heavy atom. The maximum atomic E-state index is 12.2. The van der Waals surface area contributed by atoms with Crippen LogP contribution in [0, 0.1) is 10.1 Å². The third-order valence-electron chi connectivity index (χ3n) is 3.23. The summed E-state index contributed by atoms with van der Waals surface area (Å²) >= 11 is 0. The van der Waals surface area contributed by atoms with E-state index in [4.69, 9.17) is 0 Å². The van der Waals surface area contributed by atoms with Crippen molar-refractivity contribution in [3.8, 4) is 0 Å². The van der Waals surface area contributed by atoms with Crippen molar-refractivity contribution in [2.24, 2.45) is 0 Å². The Balaban J connectivity index is 2.11. The molecule has 0 saturated heterocycles. The molecule has 2 aromatic carbocycles. The van der Waals surface area contributed by atoms with Crippen molar-refractivity contribution in [1.29, 1.82) is 0 Å². The van der Waals surface area contributed by atoms with Crippen LogP contribution in [0.2, 0.25) is 0 Å². The zero-order chi connectivity index (χ0) is 15.9. The lowest BCUT2D eigenvalue weighted by molar-refractivity contribution is -0.385.